The molecule has 0 radical (unpaired) electrons. The van der Waals surface area contributed by atoms with Gasteiger partial charge in [0.15, 0.2) is 5.13 Å². The number of benzene rings is 1. The van der Waals surface area contributed by atoms with Gasteiger partial charge in [-0.15, -0.1) is 0 Å². The van der Waals surface area contributed by atoms with Crippen LogP contribution in [0.15, 0.2) is 54.9 Å². The summed E-state index contributed by atoms with van der Waals surface area (Å²) in [5.41, 5.74) is 4.47. The van der Waals surface area contributed by atoms with E-state index in [1.54, 1.807) is 24.5 Å². The first-order chi connectivity index (χ1) is 14.2. The first-order valence-electron chi connectivity index (χ1n) is 8.95. The van der Waals surface area contributed by atoms with Gasteiger partial charge in [0.05, 0.1) is 15.9 Å². The molecule has 4 rings (SSSR count). The predicted molar refractivity (Wildman–Crippen MR) is 113 cm³/mol. The lowest BCUT2D eigenvalue weighted by Gasteiger charge is -2.07. The zero-order valence-corrected chi connectivity index (χ0v) is 16.3. The molecule has 0 bridgehead atoms. The van der Waals surface area contributed by atoms with Crippen molar-refractivity contribution in [1.82, 2.24) is 20.3 Å². The fourth-order valence-corrected chi connectivity index (χ4v) is 3.89. The number of amides is 2. The summed E-state index contributed by atoms with van der Waals surface area (Å²) in [4.78, 5) is 25.1. The number of anilines is 1. The molecule has 2 amide bonds. The lowest BCUT2D eigenvalue weighted by atomic mass is 10.0. The van der Waals surface area contributed by atoms with Crippen LogP contribution >= 0.6 is 11.3 Å². The number of nitrogens with one attached hydrogen (secondary N) is 2. The predicted octanol–water partition coefficient (Wildman–Crippen LogP) is 4.43. The van der Waals surface area contributed by atoms with Gasteiger partial charge in [-0.2, -0.15) is 5.26 Å². The molecular formula is C21H16N6OS. The summed E-state index contributed by atoms with van der Waals surface area (Å²) in [5, 5.41) is 15.2. The van der Waals surface area contributed by atoms with Gasteiger partial charge in [-0.05, 0) is 42.8 Å². The monoisotopic (exact) mass is 400 g/mol. The molecule has 29 heavy (non-hydrogen) atoms. The van der Waals surface area contributed by atoms with Crippen LogP contribution in [-0.4, -0.2) is 27.5 Å². The second kappa shape index (κ2) is 8.04. The molecule has 0 spiro atoms. The van der Waals surface area contributed by atoms with Gasteiger partial charge in [0, 0.05) is 30.1 Å². The summed E-state index contributed by atoms with van der Waals surface area (Å²) in [7, 11) is 0. The maximum absolute atomic E-state index is 11.9. The van der Waals surface area contributed by atoms with Crippen molar-refractivity contribution in [2.75, 3.05) is 11.9 Å². The fourth-order valence-electron chi connectivity index (χ4n) is 2.93. The van der Waals surface area contributed by atoms with Gasteiger partial charge in [0.1, 0.15) is 11.8 Å². The van der Waals surface area contributed by atoms with Crippen LogP contribution in [0.2, 0.25) is 0 Å². The summed E-state index contributed by atoms with van der Waals surface area (Å²) in [5.74, 6) is 0. The van der Waals surface area contributed by atoms with Gasteiger partial charge in [0.25, 0.3) is 0 Å². The molecule has 0 aliphatic rings. The summed E-state index contributed by atoms with van der Waals surface area (Å²) >= 11 is 1.37. The highest BCUT2D eigenvalue weighted by Gasteiger charge is 2.15. The molecule has 1 aromatic carbocycles. The molecule has 7 nitrogen and oxygen atoms in total. The smallest absolute Gasteiger partial charge is 0.321 e. The van der Waals surface area contributed by atoms with Crippen LogP contribution in [0.4, 0.5) is 9.93 Å². The molecule has 3 heterocycles. The summed E-state index contributed by atoms with van der Waals surface area (Å²) in [6.45, 7) is 2.38. The Bertz CT molecular complexity index is 1230. The minimum Gasteiger partial charge on any atom is -0.338 e. The SMILES string of the molecule is CCNC(=O)Nc1nc2cc(-c3cccnc3)cc(-c3cccc(C#N)n3)c2s1. The molecule has 2 N–H and O–H groups in total. The molecular weight excluding hydrogens is 384 g/mol. The first kappa shape index (κ1) is 18.5. The molecule has 0 aliphatic carbocycles. The molecule has 0 saturated heterocycles. The lowest BCUT2D eigenvalue weighted by Crippen LogP contribution is -2.28. The summed E-state index contributed by atoms with van der Waals surface area (Å²) in [6.07, 6.45) is 3.50. The topological polar surface area (TPSA) is 104 Å². The molecule has 0 saturated carbocycles. The Morgan fingerprint density at radius 3 is 2.83 bits per heavy atom. The molecule has 0 unspecified atom stereocenters. The minimum atomic E-state index is -0.301. The number of hydrogen-bond acceptors (Lipinski definition) is 6. The number of rotatable bonds is 4. The molecule has 0 fully saturated rings. The van der Waals surface area contributed by atoms with Crippen molar-refractivity contribution in [2.24, 2.45) is 0 Å². The van der Waals surface area contributed by atoms with Crippen LogP contribution in [0, 0.1) is 11.3 Å². The highest BCUT2D eigenvalue weighted by atomic mass is 32.1. The molecule has 142 valence electrons. The average molecular weight is 400 g/mol. The fraction of sp³-hybridized carbons (Fsp3) is 0.0952. The largest absolute Gasteiger partial charge is 0.338 e. The first-order valence-corrected chi connectivity index (χ1v) is 9.77. The minimum absolute atomic E-state index is 0.301. The highest BCUT2D eigenvalue weighted by Crippen LogP contribution is 2.38. The second-order valence-corrected chi connectivity index (χ2v) is 7.14. The van der Waals surface area contributed by atoms with Crippen molar-refractivity contribution in [2.45, 2.75) is 6.92 Å². The number of urea groups is 1. The second-order valence-electron chi connectivity index (χ2n) is 6.14. The van der Waals surface area contributed by atoms with E-state index in [-0.39, 0.29) is 6.03 Å². The Labute approximate surface area is 171 Å². The van der Waals surface area contributed by atoms with Crippen molar-refractivity contribution in [3.8, 4) is 28.5 Å². The van der Waals surface area contributed by atoms with Crippen LogP contribution < -0.4 is 10.6 Å². The Hall–Kier alpha value is -3.83. The Morgan fingerprint density at radius 2 is 2.07 bits per heavy atom. The van der Waals surface area contributed by atoms with E-state index >= 15 is 0 Å². The van der Waals surface area contributed by atoms with Crippen LogP contribution in [0.25, 0.3) is 32.6 Å². The zero-order chi connectivity index (χ0) is 20.2. The summed E-state index contributed by atoms with van der Waals surface area (Å²) < 4.78 is 0.882. The maximum Gasteiger partial charge on any atom is 0.321 e. The van der Waals surface area contributed by atoms with Gasteiger partial charge in [-0.3, -0.25) is 10.3 Å². The van der Waals surface area contributed by atoms with Gasteiger partial charge >= 0.3 is 6.03 Å². The number of carbonyl (C=O) groups excluding carboxylic acids is 1. The maximum atomic E-state index is 11.9. The quantitative estimate of drug-likeness (QED) is 0.527. The van der Waals surface area contributed by atoms with E-state index in [1.165, 1.54) is 11.3 Å². The van der Waals surface area contributed by atoms with Gasteiger partial charge in [0.2, 0.25) is 0 Å². The molecule has 8 heteroatoms. The van der Waals surface area contributed by atoms with E-state index in [2.05, 4.69) is 31.7 Å². The number of pyridine rings is 2. The van der Waals surface area contributed by atoms with E-state index in [4.69, 9.17) is 0 Å². The zero-order valence-electron chi connectivity index (χ0n) is 15.5. The van der Waals surface area contributed by atoms with Crippen molar-refractivity contribution in [1.29, 1.82) is 5.26 Å². The molecule has 0 aliphatic heterocycles. The Balaban J connectivity index is 1.89. The number of carbonyl (C=O) groups is 1. The van der Waals surface area contributed by atoms with E-state index in [0.717, 1.165) is 26.9 Å². The van der Waals surface area contributed by atoms with E-state index in [9.17, 15) is 10.1 Å². The third-order valence-corrected chi connectivity index (χ3v) is 5.20. The van der Waals surface area contributed by atoms with Crippen LogP contribution in [0.3, 0.4) is 0 Å². The summed E-state index contributed by atoms with van der Waals surface area (Å²) in [6, 6.07) is 14.9. The number of aromatic nitrogens is 3. The van der Waals surface area contributed by atoms with E-state index < -0.39 is 0 Å². The average Bonchev–Trinajstić information content (AvgIpc) is 3.16. The molecule has 0 atom stereocenters. The third-order valence-electron chi connectivity index (χ3n) is 4.18. The number of fused-ring (bicyclic) bond motifs is 1. The van der Waals surface area contributed by atoms with Crippen LogP contribution in [-0.2, 0) is 0 Å². The van der Waals surface area contributed by atoms with E-state index in [1.807, 2.05) is 37.3 Å². The van der Waals surface area contributed by atoms with Crippen molar-refractivity contribution in [3.63, 3.8) is 0 Å². The number of thiazole rings is 1. The number of nitrogens with zero attached hydrogens (tertiary/aromatic N) is 4. The van der Waals surface area contributed by atoms with Crippen molar-refractivity contribution in [3.05, 3.63) is 60.6 Å². The van der Waals surface area contributed by atoms with Crippen LogP contribution in [0.5, 0.6) is 0 Å². The lowest BCUT2D eigenvalue weighted by molar-refractivity contribution is 0.252. The van der Waals surface area contributed by atoms with Gasteiger partial charge in [-0.1, -0.05) is 23.5 Å². The van der Waals surface area contributed by atoms with Crippen molar-refractivity contribution < 1.29 is 4.79 Å². The molecule has 3 aromatic heterocycles. The normalized spacial score (nSPS) is 10.5. The van der Waals surface area contributed by atoms with Gasteiger partial charge in [-0.25, -0.2) is 14.8 Å². The number of nitriles is 1. The third kappa shape index (κ3) is 3.90. The van der Waals surface area contributed by atoms with E-state index in [0.29, 0.717) is 23.1 Å². The number of hydrogen-bond donors (Lipinski definition) is 2. The van der Waals surface area contributed by atoms with Gasteiger partial charge < -0.3 is 5.32 Å². The van der Waals surface area contributed by atoms with Crippen LogP contribution in [0.1, 0.15) is 12.6 Å². The standard InChI is InChI=1S/C21H16N6OS/c1-2-24-20(28)27-21-26-18-10-14(13-5-4-8-23-12-13)9-16(19(18)29-21)17-7-3-6-15(11-22)25-17/h3-10,12H,2H2,1H3,(H2,24,26,27,28). The molecule has 4 aromatic rings. The van der Waals surface area contributed by atoms with Crippen molar-refractivity contribution >= 4 is 32.7 Å². The Kier molecular flexibility index (Phi) is 5.14. The highest BCUT2D eigenvalue weighted by molar-refractivity contribution is 7.22. The Morgan fingerprint density at radius 1 is 1.17 bits per heavy atom.